The first-order valence-electron chi connectivity index (χ1n) is 12.9. The number of carbonyl (C=O) groups is 3. The third-order valence-electron chi connectivity index (χ3n) is 6.38. The summed E-state index contributed by atoms with van der Waals surface area (Å²) in [5, 5.41) is 0. The summed E-state index contributed by atoms with van der Waals surface area (Å²) in [5.74, 6) is 0.0681. The number of esters is 3. The molecule has 9 heteroatoms. The molecular formula is C32H33Br3O6. The van der Waals surface area contributed by atoms with E-state index < -0.39 is 36.3 Å². The van der Waals surface area contributed by atoms with Gasteiger partial charge in [-0.25, -0.2) is 0 Å². The molecule has 0 saturated heterocycles. The Hall–Kier alpha value is -2.49. The molecule has 3 rings (SSSR count). The predicted octanol–water partition coefficient (Wildman–Crippen LogP) is 8.28. The van der Waals surface area contributed by atoms with Gasteiger partial charge in [0.1, 0.15) is 30.2 Å². The van der Waals surface area contributed by atoms with Gasteiger partial charge in [-0.2, -0.15) is 0 Å². The Balaban J connectivity index is 2.02. The zero-order valence-electron chi connectivity index (χ0n) is 24.0. The number of ether oxygens (including phenoxy) is 3. The van der Waals surface area contributed by atoms with Crippen molar-refractivity contribution in [3.63, 3.8) is 0 Å². The highest BCUT2D eigenvalue weighted by atomic mass is 79.9. The normalized spacial score (nSPS) is 12.4. The average molecular weight is 753 g/mol. The molecule has 3 aromatic rings. The van der Waals surface area contributed by atoms with E-state index >= 15 is 0 Å². The number of hydrogen-bond acceptors (Lipinski definition) is 6. The third kappa shape index (κ3) is 8.30. The molecule has 0 saturated carbocycles. The Labute approximate surface area is 266 Å². The number of hydrogen-bond donors (Lipinski definition) is 0. The van der Waals surface area contributed by atoms with Crippen molar-refractivity contribution in [1.29, 1.82) is 0 Å². The number of benzene rings is 3. The Kier molecular flexibility index (Phi) is 9.98. The van der Waals surface area contributed by atoms with E-state index in [0.717, 1.165) is 16.7 Å². The number of rotatable bonds is 9. The Morgan fingerprint density at radius 3 is 0.805 bits per heavy atom. The molecule has 0 aliphatic rings. The molecule has 0 unspecified atom stereocenters. The minimum Gasteiger partial charge on any atom is -0.426 e. The molecule has 0 aromatic heterocycles. The summed E-state index contributed by atoms with van der Waals surface area (Å²) in [6.45, 7) is 12.4. The molecule has 0 atom stereocenters. The molecule has 0 N–H and O–H groups in total. The second kappa shape index (κ2) is 12.4. The number of halogens is 3. The summed E-state index contributed by atoms with van der Waals surface area (Å²) in [6, 6.07) is 22.0. The largest absolute Gasteiger partial charge is 0.426 e. The summed E-state index contributed by atoms with van der Waals surface area (Å²) in [4.78, 5) is 37.1. The summed E-state index contributed by atoms with van der Waals surface area (Å²) in [7, 11) is 0. The number of carbonyl (C=O) groups excluding carboxylic acids is 3. The fourth-order valence-electron chi connectivity index (χ4n) is 3.75. The van der Waals surface area contributed by atoms with E-state index in [1.807, 2.05) is 36.4 Å². The third-order valence-corrected chi connectivity index (χ3v) is 7.35. The lowest BCUT2D eigenvalue weighted by atomic mass is 9.71. The van der Waals surface area contributed by atoms with Gasteiger partial charge < -0.3 is 14.2 Å². The van der Waals surface area contributed by atoms with E-state index in [4.69, 9.17) is 14.2 Å². The molecule has 41 heavy (non-hydrogen) atoms. The molecule has 0 radical (unpaired) electrons. The van der Waals surface area contributed by atoms with E-state index in [0.29, 0.717) is 17.2 Å². The maximum Gasteiger partial charge on any atom is 0.327 e. The molecule has 0 fully saturated rings. The van der Waals surface area contributed by atoms with Gasteiger partial charge in [-0.05, 0) is 102 Å². The van der Waals surface area contributed by atoms with Crippen molar-refractivity contribution in [3.8, 4) is 17.2 Å². The van der Waals surface area contributed by atoms with Gasteiger partial charge in [0.25, 0.3) is 0 Å². The van der Waals surface area contributed by atoms with Gasteiger partial charge in [-0.1, -0.05) is 84.2 Å². The van der Waals surface area contributed by atoms with E-state index in [-0.39, 0.29) is 0 Å². The van der Waals surface area contributed by atoms with Gasteiger partial charge in [-0.3, -0.25) is 14.4 Å². The van der Waals surface area contributed by atoms with Crippen LogP contribution < -0.4 is 14.2 Å². The zero-order valence-corrected chi connectivity index (χ0v) is 28.8. The fourth-order valence-corrected chi connectivity index (χ4v) is 4.00. The fraction of sp³-hybridized carbons (Fsp3) is 0.344. The van der Waals surface area contributed by atoms with Crippen LogP contribution in [0.5, 0.6) is 17.2 Å². The van der Waals surface area contributed by atoms with Crippen molar-refractivity contribution in [2.24, 2.45) is 0 Å². The lowest BCUT2D eigenvalue weighted by Gasteiger charge is -2.32. The second-order valence-electron chi connectivity index (χ2n) is 11.3. The second-order valence-corrected chi connectivity index (χ2v) is 17.2. The monoisotopic (exact) mass is 750 g/mol. The Bertz CT molecular complexity index is 1220. The van der Waals surface area contributed by atoms with Gasteiger partial charge in [0, 0.05) is 5.41 Å². The van der Waals surface area contributed by atoms with Crippen LogP contribution >= 0.6 is 47.8 Å². The van der Waals surface area contributed by atoms with Gasteiger partial charge in [0.2, 0.25) is 0 Å². The van der Waals surface area contributed by atoms with Crippen LogP contribution in [0.4, 0.5) is 0 Å². The van der Waals surface area contributed by atoms with Crippen molar-refractivity contribution in [3.05, 3.63) is 89.5 Å². The van der Waals surface area contributed by atoms with Crippen LogP contribution in [0.15, 0.2) is 72.8 Å². The summed E-state index contributed by atoms with van der Waals surface area (Å²) < 4.78 is 14.1. The molecule has 0 spiro atoms. The highest BCUT2D eigenvalue weighted by Gasteiger charge is 2.33. The van der Waals surface area contributed by atoms with Gasteiger partial charge in [0.05, 0.1) is 0 Å². The molecule has 0 bridgehead atoms. The molecule has 3 aromatic carbocycles. The van der Waals surface area contributed by atoms with E-state index in [2.05, 4.69) is 54.7 Å². The van der Waals surface area contributed by atoms with E-state index in [1.165, 1.54) is 0 Å². The maximum atomic E-state index is 12.4. The lowest BCUT2D eigenvalue weighted by molar-refractivity contribution is -0.136. The van der Waals surface area contributed by atoms with Gasteiger partial charge >= 0.3 is 17.9 Å². The van der Waals surface area contributed by atoms with Crippen LogP contribution in [0, 0.1) is 0 Å². The summed E-state index contributed by atoms with van der Waals surface area (Å²) >= 11 is 9.99. The first kappa shape index (κ1) is 33.0. The minimum absolute atomic E-state index is 0.401. The molecule has 0 heterocycles. The quantitative estimate of drug-likeness (QED) is 0.0948. The van der Waals surface area contributed by atoms with Crippen molar-refractivity contribution in [2.75, 3.05) is 0 Å². The van der Waals surface area contributed by atoms with Crippen LogP contribution in [0.2, 0.25) is 0 Å². The molecule has 0 amide bonds. The molecule has 218 valence electrons. The van der Waals surface area contributed by atoms with Crippen LogP contribution in [-0.4, -0.2) is 30.9 Å². The van der Waals surface area contributed by atoms with Crippen LogP contribution in [0.25, 0.3) is 0 Å². The first-order chi connectivity index (χ1) is 18.8. The van der Waals surface area contributed by atoms with Gasteiger partial charge in [-0.15, -0.1) is 0 Å². The zero-order chi connectivity index (χ0) is 30.8. The topological polar surface area (TPSA) is 78.9 Å². The summed E-state index contributed by atoms with van der Waals surface area (Å²) in [6.07, 6.45) is 0. The average Bonchev–Trinajstić information content (AvgIpc) is 2.88. The van der Waals surface area contributed by atoms with Crippen molar-refractivity contribution in [1.82, 2.24) is 0 Å². The predicted molar refractivity (Wildman–Crippen MR) is 171 cm³/mol. The van der Waals surface area contributed by atoms with Crippen molar-refractivity contribution in [2.45, 2.75) is 66.9 Å². The van der Waals surface area contributed by atoms with Crippen molar-refractivity contribution >= 4 is 65.7 Å². The molecule has 0 aliphatic heterocycles. The molecule has 0 aliphatic carbocycles. The van der Waals surface area contributed by atoms with E-state index in [1.54, 1.807) is 77.9 Å². The van der Waals surface area contributed by atoms with E-state index in [9.17, 15) is 14.4 Å². The first-order valence-corrected chi connectivity index (χ1v) is 15.2. The Morgan fingerprint density at radius 2 is 0.634 bits per heavy atom. The van der Waals surface area contributed by atoms with Gasteiger partial charge in [0.15, 0.2) is 0 Å². The SMILES string of the molecule is CC(C)(Br)C(=O)Oc1ccc(C(C)(c2ccc(OC(=O)C(C)(C)Br)cc2)c2ccc(OC(=O)C(C)(C)Br)cc2)cc1. The van der Waals surface area contributed by atoms with Crippen LogP contribution in [0.1, 0.15) is 65.2 Å². The number of alkyl halides is 3. The molecule has 6 nitrogen and oxygen atoms in total. The summed E-state index contributed by atoms with van der Waals surface area (Å²) in [5.41, 5.74) is 2.10. The lowest BCUT2D eigenvalue weighted by Crippen LogP contribution is -2.29. The standard InChI is InChI=1S/C32H33Br3O6/c1-29(2,33)26(36)39-23-14-8-20(9-15-23)32(7,21-10-16-24(17-11-21)40-27(37)30(3,4)34)22-12-18-25(19-13-22)41-28(38)31(5,6)35/h8-19H,1-7H3. The molecular weight excluding hydrogens is 720 g/mol. The highest BCUT2D eigenvalue weighted by molar-refractivity contribution is 9.10. The minimum atomic E-state index is -0.815. The van der Waals surface area contributed by atoms with Crippen LogP contribution in [-0.2, 0) is 19.8 Å². The Morgan fingerprint density at radius 1 is 0.439 bits per heavy atom. The highest BCUT2D eigenvalue weighted by Crippen LogP contribution is 2.41. The maximum absolute atomic E-state index is 12.4. The van der Waals surface area contributed by atoms with Crippen LogP contribution in [0.3, 0.4) is 0 Å². The smallest absolute Gasteiger partial charge is 0.327 e. The van der Waals surface area contributed by atoms with Crippen molar-refractivity contribution < 1.29 is 28.6 Å².